The van der Waals surface area contributed by atoms with E-state index >= 15 is 0 Å². The van der Waals surface area contributed by atoms with Crippen molar-refractivity contribution in [3.63, 3.8) is 0 Å². The monoisotopic (exact) mass is 201 g/mol. The Labute approximate surface area is 87.7 Å². The summed E-state index contributed by atoms with van der Waals surface area (Å²) in [5, 5.41) is 1.87. The van der Waals surface area contributed by atoms with Crippen molar-refractivity contribution in [1.29, 1.82) is 0 Å². The zero-order valence-corrected chi connectivity index (χ0v) is 8.65. The van der Waals surface area contributed by atoms with Crippen molar-refractivity contribution in [2.24, 2.45) is 0 Å². The predicted octanol–water partition coefficient (Wildman–Crippen LogP) is 2.33. The molecule has 0 saturated carbocycles. The van der Waals surface area contributed by atoms with Gasteiger partial charge < -0.3 is 4.74 Å². The number of pyridine rings is 1. The van der Waals surface area contributed by atoms with Crippen LogP contribution in [0.4, 0.5) is 0 Å². The Bertz CT molecular complexity index is 515. The predicted molar refractivity (Wildman–Crippen MR) is 57.8 cm³/mol. The summed E-state index contributed by atoms with van der Waals surface area (Å²) >= 11 is 0. The Morgan fingerprint density at radius 2 is 2.13 bits per heavy atom. The zero-order valence-electron chi connectivity index (χ0n) is 8.65. The van der Waals surface area contributed by atoms with E-state index in [-0.39, 0.29) is 5.97 Å². The first-order chi connectivity index (χ1) is 7.24. The minimum atomic E-state index is -0.322. The Morgan fingerprint density at radius 1 is 1.33 bits per heavy atom. The topological polar surface area (TPSA) is 39.2 Å². The highest BCUT2D eigenvalue weighted by molar-refractivity contribution is 6.05. The Hall–Kier alpha value is -1.90. The number of aryl methyl sites for hydroxylation is 1. The highest BCUT2D eigenvalue weighted by Gasteiger charge is 2.11. The van der Waals surface area contributed by atoms with Crippen molar-refractivity contribution in [2.45, 2.75) is 6.92 Å². The van der Waals surface area contributed by atoms with E-state index in [1.165, 1.54) is 7.11 Å². The number of methoxy groups -OCH3 is 1. The van der Waals surface area contributed by atoms with E-state index in [4.69, 9.17) is 4.74 Å². The van der Waals surface area contributed by atoms with Crippen LogP contribution in [0.15, 0.2) is 30.5 Å². The highest BCUT2D eigenvalue weighted by Crippen LogP contribution is 2.21. The summed E-state index contributed by atoms with van der Waals surface area (Å²) in [5.74, 6) is -0.322. The van der Waals surface area contributed by atoms with Crippen LogP contribution < -0.4 is 0 Å². The van der Waals surface area contributed by atoms with E-state index in [0.717, 1.165) is 16.5 Å². The molecule has 1 aromatic carbocycles. The van der Waals surface area contributed by atoms with Crippen LogP contribution in [0.2, 0.25) is 0 Å². The molecule has 0 unspecified atom stereocenters. The molecule has 0 aliphatic rings. The van der Waals surface area contributed by atoms with Gasteiger partial charge in [0.15, 0.2) is 0 Å². The minimum absolute atomic E-state index is 0.322. The van der Waals surface area contributed by atoms with Crippen LogP contribution in [-0.2, 0) is 4.74 Å². The Morgan fingerprint density at radius 3 is 2.87 bits per heavy atom. The molecule has 3 nitrogen and oxygen atoms in total. The molecule has 2 rings (SSSR count). The van der Waals surface area contributed by atoms with Crippen LogP contribution in [0.3, 0.4) is 0 Å². The summed E-state index contributed by atoms with van der Waals surface area (Å²) in [5.41, 5.74) is 1.41. The van der Waals surface area contributed by atoms with Crippen LogP contribution in [0.1, 0.15) is 16.1 Å². The smallest absolute Gasteiger partial charge is 0.338 e. The quantitative estimate of drug-likeness (QED) is 0.665. The van der Waals surface area contributed by atoms with Gasteiger partial charge in [0, 0.05) is 17.3 Å². The van der Waals surface area contributed by atoms with Crippen LogP contribution >= 0.6 is 0 Å². The van der Waals surface area contributed by atoms with Gasteiger partial charge >= 0.3 is 5.97 Å². The number of rotatable bonds is 1. The number of benzene rings is 1. The molecule has 0 saturated heterocycles. The molecule has 76 valence electrons. The average Bonchev–Trinajstić information content (AvgIpc) is 2.28. The van der Waals surface area contributed by atoms with E-state index in [1.54, 1.807) is 12.3 Å². The number of carbonyl (C=O) groups is 1. The van der Waals surface area contributed by atoms with E-state index in [1.807, 2.05) is 25.1 Å². The fraction of sp³-hybridized carbons (Fsp3) is 0.167. The minimum Gasteiger partial charge on any atom is -0.465 e. The molecule has 1 aromatic heterocycles. The average molecular weight is 201 g/mol. The molecule has 2 aromatic rings. The summed E-state index contributed by atoms with van der Waals surface area (Å²) in [6, 6.07) is 7.43. The van der Waals surface area contributed by atoms with E-state index in [9.17, 15) is 4.79 Å². The first-order valence-corrected chi connectivity index (χ1v) is 4.66. The molecule has 0 aliphatic carbocycles. The SMILES string of the molecule is COC(=O)c1cccc2ccnc(C)c12. The number of fused-ring (bicyclic) bond motifs is 1. The summed E-state index contributed by atoms with van der Waals surface area (Å²) in [7, 11) is 1.38. The molecule has 0 N–H and O–H groups in total. The van der Waals surface area contributed by atoms with Gasteiger partial charge in [-0.05, 0) is 24.4 Å². The lowest BCUT2D eigenvalue weighted by molar-refractivity contribution is 0.0603. The molecule has 0 atom stereocenters. The van der Waals surface area contributed by atoms with E-state index in [2.05, 4.69) is 4.98 Å². The first kappa shape index (κ1) is 9.65. The van der Waals surface area contributed by atoms with Crippen molar-refractivity contribution in [3.8, 4) is 0 Å². The molecule has 0 spiro atoms. The Kier molecular flexibility index (Phi) is 2.37. The fourth-order valence-electron chi connectivity index (χ4n) is 1.69. The van der Waals surface area contributed by atoms with Crippen molar-refractivity contribution < 1.29 is 9.53 Å². The second-order valence-electron chi connectivity index (χ2n) is 3.29. The number of esters is 1. The third-order valence-corrected chi connectivity index (χ3v) is 2.39. The molecule has 15 heavy (non-hydrogen) atoms. The van der Waals surface area contributed by atoms with Gasteiger partial charge in [0.1, 0.15) is 0 Å². The summed E-state index contributed by atoms with van der Waals surface area (Å²) < 4.78 is 4.73. The van der Waals surface area contributed by atoms with Gasteiger partial charge in [0.2, 0.25) is 0 Å². The number of nitrogens with zero attached hydrogens (tertiary/aromatic N) is 1. The van der Waals surface area contributed by atoms with Gasteiger partial charge in [-0.3, -0.25) is 4.98 Å². The molecule has 0 radical (unpaired) electrons. The normalized spacial score (nSPS) is 10.3. The lowest BCUT2D eigenvalue weighted by atomic mass is 10.0. The third-order valence-electron chi connectivity index (χ3n) is 2.39. The van der Waals surface area contributed by atoms with E-state index < -0.39 is 0 Å². The standard InChI is InChI=1S/C12H11NO2/c1-8-11-9(6-7-13-8)4-3-5-10(11)12(14)15-2/h3-7H,1-2H3. The van der Waals surface area contributed by atoms with Gasteiger partial charge in [-0.15, -0.1) is 0 Å². The summed E-state index contributed by atoms with van der Waals surface area (Å²) in [6.45, 7) is 1.88. The Balaban J connectivity index is 2.80. The molecule has 0 aliphatic heterocycles. The van der Waals surface area contributed by atoms with Gasteiger partial charge in [-0.2, -0.15) is 0 Å². The van der Waals surface area contributed by atoms with Crippen LogP contribution in [-0.4, -0.2) is 18.1 Å². The summed E-state index contributed by atoms with van der Waals surface area (Å²) in [4.78, 5) is 15.7. The van der Waals surface area contributed by atoms with Gasteiger partial charge in [0.25, 0.3) is 0 Å². The van der Waals surface area contributed by atoms with Crippen LogP contribution in [0.5, 0.6) is 0 Å². The van der Waals surface area contributed by atoms with Crippen molar-refractivity contribution in [1.82, 2.24) is 4.98 Å². The molecule has 0 bridgehead atoms. The number of carbonyl (C=O) groups excluding carboxylic acids is 1. The number of ether oxygens (including phenoxy) is 1. The lowest BCUT2D eigenvalue weighted by Crippen LogP contribution is -2.03. The lowest BCUT2D eigenvalue weighted by Gasteiger charge is -2.06. The highest BCUT2D eigenvalue weighted by atomic mass is 16.5. The van der Waals surface area contributed by atoms with Crippen molar-refractivity contribution >= 4 is 16.7 Å². The second kappa shape index (κ2) is 3.69. The second-order valence-corrected chi connectivity index (χ2v) is 3.29. The molecule has 0 amide bonds. The maximum atomic E-state index is 11.5. The number of hydrogen-bond acceptors (Lipinski definition) is 3. The zero-order chi connectivity index (χ0) is 10.8. The molecule has 0 fully saturated rings. The number of hydrogen-bond donors (Lipinski definition) is 0. The molecule has 1 heterocycles. The molecular weight excluding hydrogens is 190 g/mol. The van der Waals surface area contributed by atoms with Gasteiger partial charge in [0.05, 0.1) is 12.7 Å². The number of aromatic nitrogens is 1. The molecule has 3 heteroatoms. The van der Waals surface area contributed by atoms with Crippen LogP contribution in [0.25, 0.3) is 10.8 Å². The maximum absolute atomic E-state index is 11.5. The maximum Gasteiger partial charge on any atom is 0.338 e. The van der Waals surface area contributed by atoms with Crippen LogP contribution in [0, 0.1) is 6.92 Å². The van der Waals surface area contributed by atoms with Crippen molar-refractivity contribution in [3.05, 3.63) is 41.7 Å². The van der Waals surface area contributed by atoms with Gasteiger partial charge in [-0.25, -0.2) is 4.79 Å². The fourth-order valence-corrected chi connectivity index (χ4v) is 1.69. The largest absolute Gasteiger partial charge is 0.465 e. The molecular formula is C12H11NO2. The first-order valence-electron chi connectivity index (χ1n) is 4.66. The van der Waals surface area contributed by atoms with E-state index in [0.29, 0.717) is 5.56 Å². The van der Waals surface area contributed by atoms with Crippen molar-refractivity contribution in [2.75, 3.05) is 7.11 Å². The summed E-state index contributed by atoms with van der Waals surface area (Å²) in [6.07, 6.45) is 1.73. The van der Waals surface area contributed by atoms with Gasteiger partial charge in [-0.1, -0.05) is 12.1 Å². The third kappa shape index (κ3) is 1.56.